The van der Waals surface area contributed by atoms with Gasteiger partial charge in [-0.1, -0.05) is 13.8 Å². The third-order valence-corrected chi connectivity index (χ3v) is 4.11. The molecule has 0 saturated carbocycles. The number of nitrogens with two attached hydrogens (primary N) is 1. The summed E-state index contributed by atoms with van der Waals surface area (Å²) < 4.78 is 0. The molecule has 2 heterocycles. The average Bonchev–Trinajstić information content (AvgIpc) is 2.90. The Hall–Kier alpha value is -1.13. The molecule has 19 heavy (non-hydrogen) atoms. The summed E-state index contributed by atoms with van der Waals surface area (Å²) in [5, 5.41) is 0. The molecule has 0 bridgehead atoms. The summed E-state index contributed by atoms with van der Waals surface area (Å²) in [4.78, 5) is 9.42. The molecule has 1 fully saturated rings. The van der Waals surface area contributed by atoms with Crippen molar-refractivity contribution in [2.45, 2.75) is 39.3 Å². The minimum absolute atomic E-state index is 0.0722. The van der Waals surface area contributed by atoms with E-state index in [0.717, 1.165) is 37.6 Å². The molecule has 1 aliphatic rings. The smallest absolute Gasteiger partial charge is 0.128 e. The van der Waals surface area contributed by atoms with Crippen LogP contribution in [0.5, 0.6) is 0 Å². The fourth-order valence-electron chi connectivity index (χ4n) is 2.88. The summed E-state index contributed by atoms with van der Waals surface area (Å²) in [7, 11) is 0. The van der Waals surface area contributed by atoms with E-state index in [1.165, 1.54) is 6.42 Å². The molecular formula is C15H26N4. The van der Waals surface area contributed by atoms with Crippen molar-refractivity contribution in [1.29, 1.82) is 0 Å². The lowest BCUT2D eigenvalue weighted by Gasteiger charge is -2.26. The number of hydrogen-bond donors (Lipinski definition) is 1. The quantitative estimate of drug-likeness (QED) is 0.882. The first kappa shape index (κ1) is 14.3. The molecule has 0 amide bonds. The highest BCUT2D eigenvalue weighted by Crippen LogP contribution is 2.23. The van der Waals surface area contributed by atoms with Gasteiger partial charge in [-0.3, -0.25) is 4.90 Å². The predicted octanol–water partition coefficient (Wildman–Crippen LogP) is 2.02. The van der Waals surface area contributed by atoms with Gasteiger partial charge in [-0.15, -0.1) is 0 Å². The number of pyridine rings is 1. The molecule has 1 saturated heterocycles. The third kappa shape index (κ3) is 3.25. The Morgan fingerprint density at radius 3 is 2.84 bits per heavy atom. The minimum atomic E-state index is 0.0722. The summed E-state index contributed by atoms with van der Waals surface area (Å²) in [6.45, 7) is 10.9. The molecule has 1 unspecified atom stereocenters. The van der Waals surface area contributed by atoms with E-state index in [0.29, 0.717) is 6.04 Å². The van der Waals surface area contributed by atoms with E-state index in [9.17, 15) is 0 Å². The van der Waals surface area contributed by atoms with Gasteiger partial charge in [0.15, 0.2) is 0 Å². The van der Waals surface area contributed by atoms with Gasteiger partial charge in [0.25, 0.3) is 0 Å². The van der Waals surface area contributed by atoms with E-state index < -0.39 is 0 Å². The zero-order valence-corrected chi connectivity index (χ0v) is 12.3. The number of likely N-dealkylation sites (N-methyl/N-ethyl adjacent to an activating group) is 1. The molecule has 106 valence electrons. The Bertz CT molecular complexity index is 401. The Morgan fingerprint density at radius 1 is 1.47 bits per heavy atom. The molecule has 4 heteroatoms. The minimum Gasteiger partial charge on any atom is -0.355 e. The standard InChI is InChI=1S/C15H26N4/c1-4-18(5-2)14-7-9-19(11-14)15-10-13(12(3)16)6-8-17-15/h6,8,10,12,14H,4-5,7,9,11,16H2,1-3H3/t12-,14?/m1/s1. The molecule has 2 atom stereocenters. The van der Waals surface area contributed by atoms with Gasteiger partial charge in [0.1, 0.15) is 5.82 Å². The van der Waals surface area contributed by atoms with E-state index in [-0.39, 0.29) is 6.04 Å². The van der Waals surface area contributed by atoms with Crippen LogP contribution in [-0.2, 0) is 0 Å². The molecule has 0 spiro atoms. The highest BCUT2D eigenvalue weighted by molar-refractivity contribution is 5.43. The summed E-state index contributed by atoms with van der Waals surface area (Å²) in [6.07, 6.45) is 3.10. The van der Waals surface area contributed by atoms with Gasteiger partial charge in [-0.2, -0.15) is 0 Å². The van der Waals surface area contributed by atoms with E-state index in [2.05, 4.69) is 34.7 Å². The van der Waals surface area contributed by atoms with Crippen LogP contribution in [0.25, 0.3) is 0 Å². The van der Waals surface area contributed by atoms with Crippen LogP contribution in [0.2, 0.25) is 0 Å². The molecule has 1 aliphatic heterocycles. The average molecular weight is 262 g/mol. The van der Waals surface area contributed by atoms with Gasteiger partial charge in [0.2, 0.25) is 0 Å². The molecule has 1 aromatic heterocycles. The molecule has 0 radical (unpaired) electrons. The van der Waals surface area contributed by atoms with E-state index >= 15 is 0 Å². The lowest BCUT2D eigenvalue weighted by atomic mass is 10.1. The molecule has 0 aliphatic carbocycles. The van der Waals surface area contributed by atoms with E-state index in [1.807, 2.05) is 19.2 Å². The van der Waals surface area contributed by atoms with Crippen LogP contribution in [0, 0.1) is 0 Å². The van der Waals surface area contributed by atoms with Crippen molar-refractivity contribution in [3.05, 3.63) is 23.9 Å². The molecule has 2 N–H and O–H groups in total. The van der Waals surface area contributed by atoms with Gasteiger partial charge < -0.3 is 10.6 Å². The highest BCUT2D eigenvalue weighted by atomic mass is 15.3. The van der Waals surface area contributed by atoms with Crippen LogP contribution in [0.3, 0.4) is 0 Å². The summed E-state index contributed by atoms with van der Waals surface area (Å²) in [5.41, 5.74) is 7.11. The fourth-order valence-corrected chi connectivity index (χ4v) is 2.88. The zero-order chi connectivity index (χ0) is 13.8. The van der Waals surface area contributed by atoms with E-state index in [4.69, 9.17) is 5.73 Å². The zero-order valence-electron chi connectivity index (χ0n) is 12.3. The van der Waals surface area contributed by atoms with Crippen LogP contribution in [0.4, 0.5) is 5.82 Å². The van der Waals surface area contributed by atoms with Crippen molar-refractivity contribution < 1.29 is 0 Å². The summed E-state index contributed by atoms with van der Waals surface area (Å²) in [6, 6.07) is 4.88. The van der Waals surface area contributed by atoms with Crippen molar-refractivity contribution in [2.24, 2.45) is 5.73 Å². The second-order valence-corrected chi connectivity index (χ2v) is 5.35. The molecular weight excluding hydrogens is 236 g/mol. The van der Waals surface area contributed by atoms with Gasteiger partial charge in [-0.25, -0.2) is 4.98 Å². The van der Waals surface area contributed by atoms with Gasteiger partial charge in [0.05, 0.1) is 0 Å². The number of nitrogens with zero attached hydrogens (tertiary/aromatic N) is 3. The highest BCUT2D eigenvalue weighted by Gasteiger charge is 2.26. The first-order chi connectivity index (χ1) is 9.15. The number of aromatic nitrogens is 1. The van der Waals surface area contributed by atoms with Crippen LogP contribution in [0.15, 0.2) is 18.3 Å². The maximum Gasteiger partial charge on any atom is 0.128 e. The Balaban J connectivity index is 2.06. The van der Waals surface area contributed by atoms with Crippen LogP contribution < -0.4 is 10.6 Å². The SMILES string of the molecule is CCN(CC)C1CCN(c2cc([C@@H](C)N)ccn2)C1. The first-order valence-corrected chi connectivity index (χ1v) is 7.36. The van der Waals surface area contributed by atoms with Crippen molar-refractivity contribution in [3.63, 3.8) is 0 Å². The van der Waals surface area contributed by atoms with Crippen LogP contribution in [0.1, 0.15) is 38.8 Å². The third-order valence-electron chi connectivity index (χ3n) is 4.11. The fraction of sp³-hybridized carbons (Fsp3) is 0.667. The monoisotopic (exact) mass is 262 g/mol. The normalized spacial score (nSPS) is 21.1. The van der Waals surface area contributed by atoms with E-state index in [1.54, 1.807) is 0 Å². The lowest BCUT2D eigenvalue weighted by molar-refractivity contribution is 0.232. The largest absolute Gasteiger partial charge is 0.355 e. The predicted molar refractivity (Wildman–Crippen MR) is 80.4 cm³/mol. The number of hydrogen-bond acceptors (Lipinski definition) is 4. The van der Waals surface area contributed by atoms with Crippen molar-refractivity contribution >= 4 is 5.82 Å². The molecule has 4 nitrogen and oxygen atoms in total. The first-order valence-electron chi connectivity index (χ1n) is 7.36. The van der Waals surface area contributed by atoms with Gasteiger partial charge in [-0.05, 0) is 44.1 Å². The Kier molecular flexibility index (Phi) is 4.77. The maximum absolute atomic E-state index is 5.95. The Labute approximate surface area is 116 Å². The number of anilines is 1. The molecule has 0 aromatic carbocycles. The second-order valence-electron chi connectivity index (χ2n) is 5.35. The lowest BCUT2D eigenvalue weighted by Crippen LogP contribution is -2.37. The number of rotatable bonds is 5. The summed E-state index contributed by atoms with van der Waals surface area (Å²) in [5.74, 6) is 1.07. The van der Waals surface area contributed by atoms with Gasteiger partial charge >= 0.3 is 0 Å². The van der Waals surface area contributed by atoms with Gasteiger partial charge in [0, 0.05) is 31.4 Å². The van der Waals surface area contributed by atoms with Crippen LogP contribution >= 0.6 is 0 Å². The maximum atomic E-state index is 5.95. The Morgan fingerprint density at radius 2 is 2.21 bits per heavy atom. The molecule has 2 rings (SSSR count). The van der Waals surface area contributed by atoms with Crippen molar-refractivity contribution in [1.82, 2.24) is 9.88 Å². The topological polar surface area (TPSA) is 45.4 Å². The van der Waals surface area contributed by atoms with Crippen LogP contribution in [-0.4, -0.2) is 42.1 Å². The second kappa shape index (κ2) is 6.35. The van der Waals surface area contributed by atoms with Crippen molar-refractivity contribution in [2.75, 3.05) is 31.1 Å². The molecule has 1 aromatic rings. The summed E-state index contributed by atoms with van der Waals surface area (Å²) >= 11 is 0. The van der Waals surface area contributed by atoms with Crippen molar-refractivity contribution in [3.8, 4) is 0 Å².